The van der Waals surface area contributed by atoms with Crippen LogP contribution in [0.4, 0.5) is 0 Å². The Labute approximate surface area is 159 Å². The van der Waals surface area contributed by atoms with Crippen molar-refractivity contribution in [3.05, 3.63) is 65.7 Å². The van der Waals surface area contributed by atoms with Gasteiger partial charge in [-0.15, -0.1) is 11.8 Å². The molecular weight excluding hydrogens is 370 g/mol. The summed E-state index contributed by atoms with van der Waals surface area (Å²) in [6.45, 7) is -0.581. The Morgan fingerprint density at radius 2 is 1.59 bits per heavy atom. The lowest BCUT2D eigenvalue weighted by atomic mass is 10.2. The van der Waals surface area contributed by atoms with E-state index in [0.29, 0.717) is 10.5 Å². The number of carbonyl (C=O) groups excluding carboxylic acids is 4. The molecule has 0 atom stereocenters. The fourth-order valence-corrected chi connectivity index (χ4v) is 2.72. The Balaban J connectivity index is 1.84. The van der Waals surface area contributed by atoms with Crippen molar-refractivity contribution in [2.75, 3.05) is 12.4 Å². The first kappa shape index (κ1) is 20.0. The zero-order valence-electron chi connectivity index (χ0n) is 14.1. The van der Waals surface area contributed by atoms with Gasteiger partial charge in [0.25, 0.3) is 11.8 Å². The monoisotopic (exact) mass is 387 g/mol. The smallest absolute Gasteiger partial charge is 0.339 e. The second-order valence-electron chi connectivity index (χ2n) is 5.20. The number of hydrazine groups is 1. The van der Waals surface area contributed by atoms with E-state index in [4.69, 9.17) is 10.5 Å². The Morgan fingerprint density at radius 1 is 0.926 bits per heavy atom. The first-order valence-corrected chi connectivity index (χ1v) is 8.77. The summed E-state index contributed by atoms with van der Waals surface area (Å²) in [6, 6.07) is 14.8. The van der Waals surface area contributed by atoms with Gasteiger partial charge in [0.1, 0.15) is 0 Å². The number of thioether (sulfide) groups is 1. The number of amides is 3. The lowest BCUT2D eigenvalue weighted by Gasteiger charge is -2.10. The van der Waals surface area contributed by atoms with Crippen LogP contribution in [0.15, 0.2) is 59.5 Å². The number of ether oxygens (including phenoxy) is 1. The van der Waals surface area contributed by atoms with Gasteiger partial charge in [-0.3, -0.25) is 25.2 Å². The molecule has 0 aliphatic heterocycles. The van der Waals surface area contributed by atoms with Crippen molar-refractivity contribution in [1.82, 2.24) is 10.9 Å². The summed E-state index contributed by atoms with van der Waals surface area (Å²) in [6.07, 6.45) is 0. The molecule has 0 unspecified atom stereocenters. The van der Waals surface area contributed by atoms with Gasteiger partial charge in [-0.2, -0.15) is 0 Å². The zero-order chi connectivity index (χ0) is 19.6. The molecule has 2 rings (SSSR count). The van der Waals surface area contributed by atoms with Crippen molar-refractivity contribution in [1.29, 1.82) is 0 Å². The molecule has 0 heterocycles. The van der Waals surface area contributed by atoms with Gasteiger partial charge in [-0.1, -0.05) is 30.3 Å². The number of benzene rings is 2. The molecular formula is C18H17N3O5S. The Morgan fingerprint density at radius 3 is 2.30 bits per heavy atom. The van der Waals surface area contributed by atoms with Crippen LogP contribution in [0, 0.1) is 0 Å². The fraction of sp³-hybridized carbons (Fsp3) is 0.111. The normalized spacial score (nSPS) is 9.93. The zero-order valence-corrected chi connectivity index (χ0v) is 15.0. The number of rotatable bonds is 7. The van der Waals surface area contributed by atoms with Gasteiger partial charge >= 0.3 is 5.97 Å². The van der Waals surface area contributed by atoms with E-state index in [1.54, 1.807) is 48.5 Å². The molecule has 27 heavy (non-hydrogen) atoms. The van der Waals surface area contributed by atoms with Crippen molar-refractivity contribution in [2.45, 2.75) is 4.90 Å². The highest BCUT2D eigenvalue weighted by Gasteiger charge is 2.15. The minimum Gasteiger partial charge on any atom is -0.452 e. The van der Waals surface area contributed by atoms with Crippen LogP contribution in [-0.4, -0.2) is 36.1 Å². The number of hydrogen-bond acceptors (Lipinski definition) is 6. The van der Waals surface area contributed by atoms with Gasteiger partial charge in [0.15, 0.2) is 6.61 Å². The van der Waals surface area contributed by atoms with Crippen molar-refractivity contribution in [3.8, 4) is 0 Å². The van der Waals surface area contributed by atoms with Crippen LogP contribution < -0.4 is 16.6 Å². The van der Waals surface area contributed by atoms with Crippen molar-refractivity contribution >= 4 is 35.5 Å². The summed E-state index contributed by atoms with van der Waals surface area (Å²) in [5.41, 5.74) is 10.1. The maximum atomic E-state index is 12.2. The fourth-order valence-electron chi connectivity index (χ4n) is 1.94. The summed E-state index contributed by atoms with van der Waals surface area (Å²) in [4.78, 5) is 47.1. The molecule has 140 valence electrons. The molecule has 0 aromatic heterocycles. The number of esters is 1. The molecule has 0 spiro atoms. The van der Waals surface area contributed by atoms with Crippen LogP contribution in [0.2, 0.25) is 0 Å². The van der Waals surface area contributed by atoms with Gasteiger partial charge in [0.05, 0.1) is 11.3 Å². The van der Waals surface area contributed by atoms with Crippen LogP contribution in [0.1, 0.15) is 20.7 Å². The standard InChI is InChI=1S/C18H17N3O5S/c19-15(22)11-27-14-9-5-4-8-13(14)18(25)26-10-16(23)20-21-17(24)12-6-2-1-3-7-12/h1-9H,10-11H2,(H2,19,22)(H,20,23)(H,21,24). The highest BCUT2D eigenvalue weighted by Crippen LogP contribution is 2.22. The van der Waals surface area contributed by atoms with E-state index in [0.717, 1.165) is 11.8 Å². The molecule has 0 saturated carbocycles. The second kappa shape index (κ2) is 9.97. The quantitative estimate of drug-likeness (QED) is 0.368. The van der Waals surface area contributed by atoms with E-state index in [-0.39, 0.29) is 11.3 Å². The third-order valence-corrected chi connectivity index (χ3v) is 4.26. The SMILES string of the molecule is NC(=O)CSc1ccccc1C(=O)OCC(=O)NNC(=O)c1ccccc1. The molecule has 0 aliphatic carbocycles. The predicted octanol–water partition coefficient (Wildman–Crippen LogP) is 0.882. The Hall–Kier alpha value is -3.33. The van der Waals surface area contributed by atoms with E-state index in [2.05, 4.69) is 10.9 Å². The molecule has 0 fully saturated rings. The van der Waals surface area contributed by atoms with E-state index < -0.39 is 30.3 Å². The topological polar surface area (TPSA) is 128 Å². The number of primary amides is 1. The average molecular weight is 387 g/mol. The van der Waals surface area contributed by atoms with Gasteiger partial charge in [-0.25, -0.2) is 4.79 Å². The molecule has 8 nitrogen and oxygen atoms in total. The first-order chi connectivity index (χ1) is 13.0. The maximum Gasteiger partial charge on any atom is 0.339 e. The van der Waals surface area contributed by atoms with E-state index in [1.165, 1.54) is 6.07 Å². The maximum absolute atomic E-state index is 12.2. The largest absolute Gasteiger partial charge is 0.452 e. The number of nitrogens with two attached hydrogens (primary N) is 1. The number of nitrogens with one attached hydrogen (secondary N) is 2. The molecule has 4 N–H and O–H groups in total. The van der Waals surface area contributed by atoms with Crippen LogP contribution in [0.3, 0.4) is 0 Å². The molecule has 2 aromatic rings. The van der Waals surface area contributed by atoms with Crippen LogP contribution >= 0.6 is 11.8 Å². The van der Waals surface area contributed by atoms with Gasteiger partial charge < -0.3 is 10.5 Å². The highest BCUT2D eigenvalue weighted by atomic mass is 32.2. The van der Waals surface area contributed by atoms with E-state index in [1.807, 2.05) is 0 Å². The van der Waals surface area contributed by atoms with Gasteiger partial charge in [0.2, 0.25) is 5.91 Å². The van der Waals surface area contributed by atoms with Crippen LogP contribution in [0.5, 0.6) is 0 Å². The number of hydrogen-bond donors (Lipinski definition) is 3. The third-order valence-electron chi connectivity index (χ3n) is 3.16. The molecule has 3 amide bonds. The molecule has 0 radical (unpaired) electrons. The minimum absolute atomic E-state index is 0.0102. The van der Waals surface area contributed by atoms with Crippen molar-refractivity contribution in [2.24, 2.45) is 5.73 Å². The molecule has 9 heteroatoms. The third kappa shape index (κ3) is 6.48. The molecule has 0 saturated heterocycles. The minimum atomic E-state index is -0.730. The van der Waals surface area contributed by atoms with Crippen molar-refractivity contribution < 1.29 is 23.9 Å². The summed E-state index contributed by atoms with van der Waals surface area (Å²) in [7, 11) is 0. The number of carbonyl (C=O) groups is 4. The highest BCUT2D eigenvalue weighted by molar-refractivity contribution is 8.00. The predicted molar refractivity (Wildman–Crippen MR) is 98.7 cm³/mol. The van der Waals surface area contributed by atoms with Gasteiger partial charge in [-0.05, 0) is 24.3 Å². The van der Waals surface area contributed by atoms with Crippen LogP contribution in [-0.2, 0) is 14.3 Å². The van der Waals surface area contributed by atoms with Gasteiger partial charge in [0, 0.05) is 10.5 Å². The van der Waals surface area contributed by atoms with Crippen LogP contribution in [0.25, 0.3) is 0 Å². The Bertz CT molecular complexity index is 842. The summed E-state index contributed by atoms with van der Waals surface area (Å²) in [5, 5.41) is 0. The summed E-state index contributed by atoms with van der Waals surface area (Å²) in [5.74, 6) is -2.43. The lowest BCUT2D eigenvalue weighted by Crippen LogP contribution is -2.43. The molecule has 0 bridgehead atoms. The summed E-state index contributed by atoms with van der Waals surface area (Å²) < 4.78 is 4.94. The lowest BCUT2D eigenvalue weighted by molar-refractivity contribution is -0.125. The van der Waals surface area contributed by atoms with Crippen molar-refractivity contribution in [3.63, 3.8) is 0 Å². The second-order valence-corrected chi connectivity index (χ2v) is 6.21. The first-order valence-electron chi connectivity index (χ1n) is 7.79. The van der Waals surface area contributed by atoms with E-state index >= 15 is 0 Å². The summed E-state index contributed by atoms with van der Waals surface area (Å²) >= 11 is 1.10. The Kier molecular flexibility index (Phi) is 7.38. The van der Waals surface area contributed by atoms with E-state index in [9.17, 15) is 19.2 Å². The average Bonchev–Trinajstić information content (AvgIpc) is 2.69. The molecule has 2 aromatic carbocycles. The molecule has 0 aliphatic rings.